The second-order valence-electron chi connectivity index (χ2n) is 4.95. The highest BCUT2D eigenvalue weighted by Crippen LogP contribution is 2.05. The first-order valence-electron chi connectivity index (χ1n) is 6.72. The number of amides is 1. The third kappa shape index (κ3) is 15.9. The highest BCUT2D eigenvalue weighted by atomic mass is 127. The van der Waals surface area contributed by atoms with Gasteiger partial charge in [-0.15, -0.1) is 0 Å². The van der Waals surface area contributed by atoms with Crippen LogP contribution in [0, 0.1) is 0 Å². The first-order chi connectivity index (χ1) is 9.45. The molecular weight excluding hydrogens is 377 g/mol. The van der Waals surface area contributed by atoms with Crippen molar-refractivity contribution in [3.8, 4) is 0 Å². The van der Waals surface area contributed by atoms with Crippen LogP contribution in [0.1, 0.15) is 20.8 Å². The smallest absolute Gasteiger partial charge is 0.407 e. The van der Waals surface area contributed by atoms with E-state index in [0.29, 0.717) is 39.6 Å². The summed E-state index contributed by atoms with van der Waals surface area (Å²) < 4.78 is 21.9. The summed E-state index contributed by atoms with van der Waals surface area (Å²) >= 11 is 2.26. The van der Waals surface area contributed by atoms with Crippen LogP contribution >= 0.6 is 22.6 Å². The van der Waals surface area contributed by atoms with Crippen molar-refractivity contribution in [3.05, 3.63) is 0 Å². The molecule has 0 atom stereocenters. The van der Waals surface area contributed by atoms with Crippen LogP contribution in [0.25, 0.3) is 0 Å². The Kier molecular flexibility index (Phi) is 12.5. The lowest BCUT2D eigenvalue weighted by atomic mass is 10.2. The van der Waals surface area contributed by atoms with Crippen molar-refractivity contribution in [3.63, 3.8) is 0 Å². The van der Waals surface area contributed by atoms with E-state index in [-0.39, 0.29) is 0 Å². The van der Waals surface area contributed by atoms with E-state index in [1.165, 1.54) is 0 Å². The van der Waals surface area contributed by atoms with Crippen molar-refractivity contribution in [2.24, 2.45) is 0 Å². The summed E-state index contributed by atoms with van der Waals surface area (Å²) in [6.45, 7) is 9.32. The van der Waals surface area contributed by atoms with Gasteiger partial charge in [-0.3, -0.25) is 0 Å². The minimum atomic E-state index is -0.474. The molecule has 0 fully saturated rings. The van der Waals surface area contributed by atoms with Gasteiger partial charge in [-0.1, -0.05) is 22.6 Å². The number of hydrogen-bond donors (Lipinski definition) is 1. The van der Waals surface area contributed by atoms with Crippen LogP contribution < -0.4 is 5.32 Å². The van der Waals surface area contributed by atoms with E-state index in [1.54, 1.807) is 0 Å². The number of rotatable bonds is 11. The minimum absolute atomic E-state index is 0.424. The largest absolute Gasteiger partial charge is 0.444 e. The standard InChI is InChI=1S/C13H26INO5/c1-13(2,3)20-12(16)15-5-7-18-9-11-19-10-8-17-6-4-14/h4-11H2,1-3H3,(H,15,16). The molecular formula is C13H26INO5. The molecule has 0 aliphatic rings. The van der Waals surface area contributed by atoms with Crippen LogP contribution in [0.15, 0.2) is 0 Å². The number of alkyl halides is 1. The highest BCUT2D eigenvalue weighted by Gasteiger charge is 2.15. The number of halogens is 1. The predicted molar refractivity (Wildman–Crippen MR) is 85.6 cm³/mol. The SMILES string of the molecule is CC(C)(C)OC(=O)NCCOCCOCCOCCI. The fourth-order valence-electron chi connectivity index (χ4n) is 1.14. The van der Waals surface area contributed by atoms with E-state index < -0.39 is 11.7 Å². The Hall–Kier alpha value is -0.120. The van der Waals surface area contributed by atoms with Gasteiger partial charge in [-0.2, -0.15) is 0 Å². The maximum atomic E-state index is 11.3. The van der Waals surface area contributed by atoms with Gasteiger partial charge in [0.1, 0.15) is 5.60 Å². The fourth-order valence-corrected chi connectivity index (χ4v) is 1.45. The van der Waals surface area contributed by atoms with Crippen LogP contribution in [0.5, 0.6) is 0 Å². The summed E-state index contributed by atoms with van der Waals surface area (Å²) in [5.74, 6) is 0. The van der Waals surface area contributed by atoms with Crippen LogP contribution in [0.2, 0.25) is 0 Å². The molecule has 0 saturated carbocycles. The van der Waals surface area contributed by atoms with E-state index in [4.69, 9.17) is 18.9 Å². The molecule has 0 aromatic rings. The highest BCUT2D eigenvalue weighted by molar-refractivity contribution is 14.1. The average molecular weight is 403 g/mol. The molecule has 0 aliphatic heterocycles. The quantitative estimate of drug-likeness (QED) is 0.325. The van der Waals surface area contributed by atoms with E-state index in [2.05, 4.69) is 27.9 Å². The summed E-state index contributed by atoms with van der Waals surface area (Å²) in [4.78, 5) is 11.3. The molecule has 1 N–H and O–H groups in total. The van der Waals surface area contributed by atoms with Gasteiger partial charge in [0.25, 0.3) is 0 Å². The zero-order valence-corrected chi connectivity index (χ0v) is 14.7. The van der Waals surface area contributed by atoms with Gasteiger partial charge in [0.2, 0.25) is 0 Å². The average Bonchev–Trinajstić information content (AvgIpc) is 2.34. The Bertz CT molecular complexity index is 245. The van der Waals surface area contributed by atoms with Crippen LogP contribution in [-0.4, -0.2) is 62.3 Å². The Labute approximate surface area is 135 Å². The van der Waals surface area contributed by atoms with Crippen molar-refractivity contribution in [2.45, 2.75) is 26.4 Å². The van der Waals surface area contributed by atoms with Gasteiger partial charge in [0, 0.05) is 11.0 Å². The van der Waals surface area contributed by atoms with E-state index in [1.807, 2.05) is 20.8 Å². The molecule has 0 bridgehead atoms. The van der Waals surface area contributed by atoms with E-state index in [0.717, 1.165) is 11.0 Å². The lowest BCUT2D eigenvalue weighted by Gasteiger charge is -2.19. The fraction of sp³-hybridized carbons (Fsp3) is 0.923. The van der Waals surface area contributed by atoms with Crippen molar-refractivity contribution in [1.82, 2.24) is 5.32 Å². The molecule has 1 amide bonds. The number of carbonyl (C=O) groups is 1. The van der Waals surface area contributed by atoms with Gasteiger partial charge >= 0.3 is 6.09 Å². The molecule has 7 heteroatoms. The number of nitrogens with one attached hydrogen (secondary N) is 1. The molecule has 0 aromatic carbocycles. The molecule has 20 heavy (non-hydrogen) atoms. The first-order valence-corrected chi connectivity index (χ1v) is 8.24. The molecule has 6 nitrogen and oxygen atoms in total. The monoisotopic (exact) mass is 403 g/mol. The Morgan fingerprint density at radius 2 is 1.45 bits per heavy atom. The van der Waals surface area contributed by atoms with Crippen LogP contribution in [0.4, 0.5) is 4.79 Å². The Morgan fingerprint density at radius 3 is 1.95 bits per heavy atom. The zero-order valence-electron chi connectivity index (χ0n) is 12.6. The molecule has 0 aliphatic carbocycles. The van der Waals surface area contributed by atoms with Crippen molar-refractivity contribution < 1.29 is 23.7 Å². The molecule has 0 heterocycles. The zero-order chi connectivity index (χ0) is 15.3. The number of carbonyl (C=O) groups excluding carboxylic acids is 1. The predicted octanol–water partition coefficient (Wildman–Crippen LogP) is 2.00. The normalized spacial score (nSPS) is 11.4. The van der Waals surface area contributed by atoms with Gasteiger partial charge in [-0.25, -0.2) is 4.79 Å². The first kappa shape index (κ1) is 19.9. The summed E-state index contributed by atoms with van der Waals surface area (Å²) in [6.07, 6.45) is -0.426. The lowest BCUT2D eigenvalue weighted by Crippen LogP contribution is -2.34. The van der Waals surface area contributed by atoms with Crippen LogP contribution in [0.3, 0.4) is 0 Å². The number of ether oxygens (including phenoxy) is 4. The van der Waals surface area contributed by atoms with E-state index >= 15 is 0 Å². The van der Waals surface area contributed by atoms with Crippen molar-refractivity contribution >= 4 is 28.7 Å². The maximum absolute atomic E-state index is 11.3. The van der Waals surface area contributed by atoms with Gasteiger partial charge in [-0.05, 0) is 20.8 Å². The Morgan fingerprint density at radius 1 is 0.950 bits per heavy atom. The van der Waals surface area contributed by atoms with Gasteiger partial charge in [0.15, 0.2) is 0 Å². The van der Waals surface area contributed by atoms with Gasteiger partial charge in [0.05, 0.1) is 39.6 Å². The van der Waals surface area contributed by atoms with Crippen molar-refractivity contribution in [1.29, 1.82) is 0 Å². The second kappa shape index (κ2) is 12.6. The molecule has 0 unspecified atom stereocenters. The lowest BCUT2D eigenvalue weighted by molar-refractivity contribution is 0.0169. The molecule has 120 valence electrons. The Balaban J connectivity index is 3.19. The maximum Gasteiger partial charge on any atom is 0.407 e. The van der Waals surface area contributed by atoms with E-state index in [9.17, 15) is 4.79 Å². The summed E-state index contributed by atoms with van der Waals surface area (Å²) in [7, 11) is 0. The molecule has 0 saturated heterocycles. The third-order valence-corrected chi connectivity index (χ3v) is 2.32. The minimum Gasteiger partial charge on any atom is -0.444 e. The molecule has 0 aromatic heterocycles. The number of hydrogen-bond acceptors (Lipinski definition) is 5. The summed E-state index contributed by atoms with van der Waals surface area (Å²) in [5.41, 5.74) is -0.474. The summed E-state index contributed by atoms with van der Waals surface area (Å²) in [5, 5.41) is 2.62. The summed E-state index contributed by atoms with van der Waals surface area (Å²) in [6, 6.07) is 0. The van der Waals surface area contributed by atoms with Gasteiger partial charge < -0.3 is 24.3 Å². The molecule has 0 rings (SSSR count). The van der Waals surface area contributed by atoms with Crippen molar-refractivity contribution in [2.75, 3.05) is 50.6 Å². The topological polar surface area (TPSA) is 66.0 Å². The third-order valence-electron chi connectivity index (χ3n) is 1.88. The second-order valence-corrected chi connectivity index (χ2v) is 6.03. The number of alkyl carbamates (subject to hydrolysis) is 1. The molecule has 0 spiro atoms. The molecule has 0 radical (unpaired) electrons. The van der Waals surface area contributed by atoms with Crippen LogP contribution in [-0.2, 0) is 18.9 Å².